The van der Waals surface area contributed by atoms with Crippen molar-refractivity contribution in [3.63, 3.8) is 0 Å². The molecular weight excluding hydrogens is 270 g/mol. The molecule has 2 N–H and O–H groups in total. The smallest absolute Gasteiger partial charge is 0.311 e. The largest absolute Gasteiger partial charge is 0.438 e. The Morgan fingerprint density at radius 3 is 2.57 bits per heavy atom. The predicted octanol–water partition coefficient (Wildman–Crippen LogP) is 3.52. The van der Waals surface area contributed by atoms with Gasteiger partial charge in [0.1, 0.15) is 5.75 Å². The number of ether oxygens (including phenoxy) is 1. The molecule has 1 aromatic heterocycles. The minimum absolute atomic E-state index is 0.169. The van der Waals surface area contributed by atoms with Gasteiger partial charge in [0.15, 0.2) is 0 Å². The molecule has 6 heteroatoms. The first kappa shape index (κ1) is 12.9. The molecule has 0 aliphatic rings. The lowest BCUT2D eigenvalue weighted by molar-refractivity contribution is -0.384. The number of nitrogen functional groups attached to an aromatic ring is 1. The summed E-state index contributed by atoms with van der Waals surface area (Å²) in [6, 6.07) is 16.1. The summed E-state index contributed by atoms with van der Waals surface area (Å²) in [6.45, 7) is 0. The lowest BCUT2D eigenvalue weighted by atomic mass is 10.1. The van der Waals surface area contributed by atoms with E-state index in [1.165, 1.54) is 12.1 Å². The third-order valence-corrected chi connectivity index (χ3v) is 3.04. The van der Waals surface area contributed by atoms with Crippen molar-refractivity contribution in [1.82, 2.24) is 4.98 Å². The Kier molecular flexibility index (Phi) is 3.12. The molecule has 104 valence electrons. The summed E-state index contributed by atoms with van der Waals surface area (Å²) >= 11 is 0. The highest BCUT2D eigenvalue weighted by Crippen LogP contribution is 2.30. The van der Waals surface area contributed by atoms with Crippen LogP contribution in [0, 0.1) is 10.1 Å². The molecule has 3 aromatic rings. The molecule has 0 spiro atoms. The molecule has 0 radical (unpaired) electrons. The molecule has 0 saturated carbocycles. The maximum atomic E-state index is 10.7. The van der Waals surface area contributed by atoms with E-state index in [4.69, 9.17) is 10.5 Å². The second-order valence-corrected chi connectivity index (χ2v) is 4.39. The lowest BCUT2D eigenvalue weighted by Gasteiger charge is -2.08. The second kappa shape index (κ2) is 5.09. The minimum Gasteiger partial charge on any atom is -0.438 e. The van der Waals surface area contributed by atoms with Gasteiger partial charge in [0.25, 0.3) is 0 Å². The Hall–Kier alpha value is -3.15. The Labute approximate surface area is 119 Å². The predicted molar refractivity (Wildman–Crippen MR) is 79.3 cm³/mol. The minimum atomic E-state index is -0.579. The molecule has 0 aliphatic carbocycles. The first-order valence-electron chi connectivity index (χ1n) is 6.21. The number of aromatic nitrogens is 1. The van der Waals surface area contributed by atoms with E-state index in [1.807, 2.05) is 42.5 Å². The summed E-state index contributed by atoms with van der Waals surface area (Å²) in [5, 5.41) is 12.7. The van der Waals surface area contributed by atoms with Crippen LogP contribution in [0.1, 0.15) is 0 Å². The standard InChI is InChI=1S/C15H11N3O3/c16-15-12(18(19)20)8-9-14(17-15)21-13-7-3-5-10-4-1-2-6-11(10)13/h1-9H,(H2,16,17). The Bertz CT molecular complexity index is 828. The Morgan fingerprint density at radius 2 is 1.81 bits per heavy atom. The maximum absolute atomic E-state index is 10.7. The van der Waals surface area contributed by atoms with Crippen LogP contribution in [0.25, 0.3) is 10.8 Å². The van der Waals surface area contributed by atoms with E-state index >= 15 is 0 Å². The molecule has 0 amide bonds. The molecule has 21 heavy (non-hydrogen) atoms. The number of rotatable bonds is 3. The molecule has 0 atom stereocenters. The fraction of sp³-hybridized carbons (Fsp3) is 0. The van der Waals surface area contributed by atoms with Gasteiger partial charge in [-0.25, -0.2) is 0 Å². The normalized spacial score (nSPS) is 10.5. The molecule has 3 rings (SSSR count). The molecule has 0 fully saturated rings. The van der Waals surface area contributed by atoms with Crippen LogP contribution in [0.5, 0.6) is 11.6 Å². The average molecular weight is 281 g/mol. The van der Waals surface area contributed by atoms with Gasteiger partial charge in [0, 0.05) is 17.5 Å². The molecule has 0 aliphatic heterocycles. The fourth-order valence-electron chi connectivity index (χ4n) is 2.06. The van der Waals surface area contributed by atoms with Crippen LogP contribution in [-0.4, -0.2) is 9.91 Å². The van der Waals surface area contributed by atoms with Crippen LogP contribution in [0.15, 0.2) is 54.6 Å². The van der Waals surface area contributed by atoms with Crippen molar-refractivity contribution in [1.29, 1.82) is 0 Å². The van der Waals surface area contributed by atoms with Crippen LogP contribution < -0.4 is 10.5 Å². The van der Waals surface area contributed by atoms with Gasteiger partial charge in [-0.3, -0.25) is 10.1 Å². The van der Waals surface area contributed by atoms with Gasteiger partial charge in [-0.2, -0.15) is 4.98 Å². The van der Waals surface area contributed by atoms with E-state index < -0.39 is 4.92 Å². The highest BCUT2D eigenvalue weighted by molar-refractivity contribution is 5.88. The monoisotopic (exact) mass is 281 g/mol. The summed E-state index contributed by atoms with van der Waals surface area (Å²) in [5.74, 6) is 0.668. The zero-order chi connectivity index (χ0) is 14.8. The van der Waals surface area contributed by atoms with E-state index in [0.29, 0.717) is 5.75 Å². The van der Waals surface area contributed by atoms with E-state index in [2.05, 4.69) is 4.98 Å². The van der Waals surface area contributed by atoms with Crippen LogP contribution in [0.2, 0.25) is 0 Å². The van der Waals surface area contributed by atoms with Gasteiger partial charge < -0.3 is 10.5 Å². The number of nitro groups is 1. The van der Waals surface area contributed by atoms with Gasteiger partial charge in [-0.15, -0.1) is 0 Å². The van der Waals surface area contributed by atoms with Gasteiger partial charge in [0.05, 0.1) is 4.92 Å². The Balaban J connectivity index is 1.99. The molecule has 1 heterocycles. The van der Waals surface area contributed by atoms with Crippen LogP contribution in [0.4, 0.5) is 11.5 Å². The van der Waals surface area contributed by atoms with Crippen molar-refractivity contribution in [2.75, 3.05) is 5.73 Å². The highest BCUT2D eigenvalue weighted by Gasteiger charge is 2.14. The maximum Gasteiger partial charge on any atom is 0.311 e. The van der Waals surface area contributed by atoms with Crippen molar-refractivity contribution >= 4 is 22.3 Å². The van der Waals surface area contributed by atoms with E-state index in [0.717, 1.165) is 10.8 Å². The fourth-order valence-corrected chi connectivity index (χ4v) is 2.06. The molecule has 0 unspecified atom stereocenters. The summed E-state index contributed by atoms with van der Waals surface area (Å²) in [5.41, 5.74) is 5.32. The van der Waals surface area contributed by atoms with Crippen LogP contribution in [0.3, 0.4) is 0 Å². The number of fused-ring (bicyclic) bond motifs is 1. The van der Waals surface area contributed by atoms with Gasteiger partial charge in [-0.05, 0) is 11.5 Å². The van der Waals surface area contributed by atoms with Gasteiger partial charge >= 0.3 is 5.69 Å². The number of nitrogens with zero attached hydrogens (tertiary/aromatic N) is 2. The quantitative estimate of drug-likeness (QED) is 0.585. The average Bonchev–Trinajstić information content (AvgIpc) is 2.47. The third kappa shape index (κ3) is 2.46. The van der Waals surface area contributed by atoms with Gasteiger partial charge in [0.2, 0.25) is 11.7 Å². The van der Waals surface area contributed by atoms with Crippen molar-refractivity contribution in [2.45, 2.75) is 0 Å². The molecule has 2 aromatic carbocycles. The first-order valence-corrected chi connectivity index (χ1v) is 6.21. The topological polar surface area (TPSA) is 91.3 Å². The summed E-state index contributed by atoms with van der Waals surface area (Å²) in [7, 11) is 0. The SMILES string of the molecule is Nc1nc(Oc2cccc3ccccc23)ccc1[N+](=O)[O-]. The number of nitrogens with two attached hydrogens (primary N) is 1. The van der Waals surface area contributed by atoms with Crippen molar-refractivity contribution < 1.29 is 9.66 Å². The van der Waals surface area contributed by atoms with Crippen molar-refractivity contribution in [2.24, 2.45) is 0 Å². The van der Waals surface area contributed by atoms with E-state index in [-0.39, 0.29) is 17.4 Å². The molecule has 6 nitrogen and oxygen atoms in total. The summed E-state index contributed by atoms with van der Waals surface area (Å²) in [6.07, 6.45) is 0. The van der Waals surface area contributed by atoms with Gasteiger partial charge in [-0.1, -0.05) is 36.4 Å². The molecular formula is C15H11N3O3. The van der Waals surface area contributed by atoms with Crippen molar-refractivity contribution in [3.8, 4) is 11.6 Å². The lowest BCUT2D eigenvalue weighted by Crippen LogP contribution is -1.99. The second-order valence-electron chi connectivity index (χ2n) is 4.39. The summed E-state index contributed by atoms with van der Waals surface area (Å²) in [4.78, 5) is 14.0. The third-order valence-electron chi connectivity index (χ3n) is 3.04. The number of hydrogen-bond acceptors (Lipinski definition) is 5. The number of benzene rings is 2. The van der Waals surface area contributed by atoms with Crippen LogP contribution in [-0.2, 0) is 0 Å². The number of hydrogen-bond donors (Lipinski definition) is 1. The molecule has 0 bridgehead atoms. The summed E-state index contributed by atoms with van der Waals surface area (Å²) < 4.78 is 5.69. The van der Waals surface area contributed by atoms with E-state index in [1.54, 1.807) is 0 Å². The van der Waals surface area contributed by atoms with Crippen LogP contribution >= 0.6 is 0 Å². The van der Waals surface area contributed by atoms with Crippen molar-refractivity contribution in [3.05, 3.63) is 64.7 Å². The zero-order valence-electron chi connectivity index (χ0n) is 10.9. The number of anilines is 1. The first-order chi connectivity index (χ1) is 10.1. The Morgan fingerprint density at radius 1 is 1.05 bits per heavy atom. The molecule has 0 saturated heterocycles. The number of pyridine rings is 1. The highest BCUT2D eigenvalue weighted by atomic mass is 16.6. The van der Waals surface area contributed by atoms with E-state index in [9.17, 15) is 10.1 Å². The zero-order valence-corrected chi connectivity index (χ0v) is 10.9.